The number of aliphatic hydroxyl groups is 1. The van der Waals surface area contributed by atoms with Crippen LogP contribution in [-0.4, -0.2) is 59.5 Å². The van der Waals surface area contributed by atoms with E-state index in [0.717, 1.165) is 12.8 Å². The number of hydrogen-bond acceptors (Lipinski definition) is 7. The quantitative estimate of drug-likeness (QED) is 0.382. The van der Waals surface area contributed by atoms with Crippen LogP contribution in [-0.2, 0) is 18.9 Å². The van der Waals surface area contributed by atoms with Crippen molar-refractivity contribution < 1.29 is 28.6 Å². The predicted octanol–water partition coefficient (Wildman–Crippen LogP) is 1.86. The largest absolute Gasteiger partial charge is 0.394 e. The molecule has 0 spiro atoms. The molecule has 0 radical (unpaired) electrons. The lowest BCUT2D eigenvalue weighted by molar-refractivity contribution is -0.256. The van der Waals surface area contributed by atoms with Gasteiger partial charge < -0.3 is 28.6 Å². The number of hydrogen-bond donors (Lipinski definition) is 2. The molecule has 7 heteroatoms. The summed E-state index contributed by atoms with van der Waals surface area (Å²) >= 11 is 0.539. The Hall–Kier alpha value is 0.110. The maximum atomic E-state index is 9.37. The lowest BCUT2D eigenvalue weighted by atomic mass is 10.2. The molecule has 2 unspecified atom stereocenters. The minimum absolute atomic E-state index is 0.136. The summed E-state index contributed by atoms with van der Waals surface area (Å²) in [6, 6.07) is 0. The van der Waals surface area contributed by atoms with Crippen LogP contribution in [0.3, 0.4) is 0 Å². The Morgan fingerprint density at radius 3 is 2.70 bits per heavy atom. The normalized spacial score (nSPS) is 30.1. The Bertz CT molecular complexity index is 255. The van der Waals surface area contributed by atoms with Crippen molar-refractivity contribution >= 4 is 12.0 Å². The van der Waals surface area contributed by atoms with E-state index < -0.39 is 11.5 Å². The Morgan fingerprint density at radius 1 is 1.40 bits per heavy atom. The summed E-state index contributed by atoms with van der Waals surface area (Å²) in [4.78, 5) is 0. The first kappa shape index (κ1) is 18.2. The molecule has 1 saturated heterocycles. The smallest absolute Gasteiger partial charge is 0.157 e. The lowest BCUT2D eigenvalue weighted by Gasteiger charge is -2.36. The zero-order valence-electron chi connectivity index (χ0n) is 12.4. The molecule has 6 nitrogen and oxygen atoms in total. The van der Waals surface area contributed by atoms with Gasteiger partial charge in [0.2, 0.25) is 0 Å². The second-order valence-electron chi connectivity index (χ2n) is 4.84. The average Bonchev–Trinajstić information content (AvgIpc) is 2.44. The highest BCUT2D eigenvalue weighted by molar-refractivity contribution is 7.94. The van der Waals surface area contributed by atoms with Crippen molar-refractivity contribution in [3.8, 4) is 0 Å². The van der Waals surface area contributed by atoms with Gasteiger partial charge in [0.15, 0.2) is 11.7 Å². The average molecular weight is 310 g/mol. The van der Waals surface area contributed by atoms with Crippen molar-refractivity contribution in [1.29, 1.82) is 0 Å². The molecule has 0 amide bonds. The molecule has 0 aliphatic carbocycles. The van der Waals surface area contributed by atoms with Gasteiger partial charge in [0.25, 0.3) is 0 Å². The summed E-state index contributed by atoms with van der Waals surface area (Å²) < 4.78 is 31.6. The summed E-state index contributed by atoms with van der Waals surface area (Å²) in [5.41, 5.74) is -0.662. The van der Waals surface area contributed by atoms with Gasteiger partial charge >= 0.3 is 0 Å². The summed E-state index contributed by atoms with van der Waals surface area (Å²) in [5.74, 6) is 0. The molecule has 120 valence electrons. The maximum Gasteiger partial charge on any atom is 0.157 e. The second kappa shape index (κ2) is 9.94. The standard InChI is InChI=1S/C13H26O6S/c1-4-5-6-16-11(7-14)13(20-15)19-12-8-17-10(3)18-9(12)2/h9-15H,4-8H2,1-3H3/t9-,10?,11+,12?,13+/m0/s1. The monoisotopic (exact) mass is 310 g/mol. The maximum absolute atomic E-state index is 9.37. The number of rotatable bonds is 9. The third-order valence-electron chi connectivity index (χ3n) is 3.15. The van der Waals surface area contributed by atoms with Crippen LogP contribution in [0.1, 0.15) is 33.6 Å². The SMILES string of the molecule is CCCCO[C@H](CO)[C@H](OC1COC(C)O[C@H]1C)SO. The van der Waals surface area contributed by atoms with Crippen LogP contribution < -0.4 is 0 Å². The van der Waals surface area contributed by atoms with Gasteiger partial charge in [-0.25, -0.2) is 0 Å². The van der Waals surface area contributed by atoms with Crippen molar-refractivity contribution in [3.63, 3.8) is 0 Å². The molecule has 2 N–H and O–H groups in total. The van der Waals surface area contributed by atoms with Crippen LogP contribution in [0.2, 0.25) is 0 Å². The van der Waals surface area contributed by atoms with Crippen molar-refractivity contribution in [1.82, 2.24) is 0 Å². The Balaban J connectivity index is 2.46. The molecule has 0 aromatic heterocycles. The van der Waals surface area contributed by atoms with Crippen LogP contribution in [0.25, 0.3) is 0 Å². The van der Waals surface area contributed by atoms with E-state index in [1.807, 2.05) is 13.8 Å². The fourth-order valence-electron chi connectivity index (χ4n) is 1.89. The molecule has 0 saturated carbocycles. The highest BCUT2D eigenvalue weighted by Crippen LogP contribution is 2.23. The van der Waals surface area contributed by atoms with Crippen molar-refractivity contribution in [2.75, 3.05) is 19.8 Å². The lowest BCUT2D eigenvalue weighted by Crippen LogP contribution is -2.46. The first-order valence-corrected chi connectivity index (χ1v) is 7.91. The van der Waals surface area contributed by atoms with Gasteiger partial charge in [-0.2, -0.15) is 0 Å². The molecule has 1 rings (SSSR count). The molecule has 5 atom stereocenters. The van der Waals surface area contributed by atoms with Crippen LogP contribution in [0.5, 0.6) is 0 Å². The predicted molar refractivity (Wildman–Crippen MR) is 76.6 cm³/mol. The van der Waals surface area contributed by atoms with Crippen LogP contribution in [0.15, 0.2) is 0 Å². The van der Waals surface area contributed by atoms with E-state index in [-0.39, 0.29) is 25.1 Å². The van der Waals surface area contributed by atoms with Gasteiger partial charge in [-0.05, 0) is 20.3 Å². The zero-order valence-corrected chi connectivity index (χ0v) is 13.2. The minimum Gasteiger partial charge on any atom is -0.394 e. The van der Waals surface area contributed by atoms with E-state index >= 15 is 0 Å². The summed E-state index contributed by atoms with van der Waals surface area (Å²) in [7, 11) is 0. The minimum atomic E-state index is -0.662. The highest BCUT2D eigenvalue weighted by atomic mass is 32.2. The van der Waals surface area contributed by atoms with E-state index in [4.69, 9.17) is 18.9 Å². The van der Waals surface area contributed by atoms with E-state index in [2.05, 4.69) is 6.92 Å². The van der Waals surface area contributed by atoms with Crippen molar-refractivity contribution in [2.24, 2.45) is 0 Å². The van der Waals surface area contributed by atoms with Gasteiger partial charge in [0.05, 0.1) is 19.3 Å². The summed E-state index contributed by atoms with van der Waals surface area (Å²) in [5, 5.41) is 9.37. The van der Waals surface area contributed by atoms with E-state index in [1.165, 1.54) is 0 Å². The summed E-state index contributed by atoms with van der Waals surface area (Å²) in [6.45, 7) is 6.51. The fourth-order valence-corrected chi connectivity index (χ4v) is 2.39. The molecule has 1 heterocycles. The van der Waals surface area contributed by atoms with Crippen LogP contribution in [0, 0.1) is 0 Å². The van der Waals surface area contributed by atoms with Crippen LogP contribution >= 0.6 is 12.0 Å². The van der Waals surface area contributed by atoms with E-state index in [1.54, 1.807) is 0 Å². The highest BCUT2D eigenvalue weighted by Gasteiger charge is 2.33. The Labute approximate surface area is 124 Å². The third-order valence-corrected chi connectivity index (χ3v) is 3.77. The van der Waals surface area contributed by atoms with Crippen LogP contribution in [0.4, 0.5) is 0 Å². The summed E-state index contributed by atoms with van der Waals surface area (Å²) in [6.07, 6.45) is 0.670. The third kappa shape index (κ3) is 5.85. The molecular formula is C13H26O6S. The van der Waals surface area contributed by atoms with Gasteiger partial charge in [-0.1, -0.05) is 13.3 Å². The Morgan fingerprint density at radius 2 is 2.15 bits per heavy atom. The molecule has 0 bridgehead atoms. The van der Waals surface area contributed by atoms with Gasteiger partial charge in [0.1, 0.15) is 12.2 Å². The number of ether oxygens (including phenoxy) is 4. The number of aliphatic hydroxyl groups excluding tert-OH is 1. The topological polar surface area (TPSA) is 77.4 Å². The Kier molecular flexibility index (Phi) is 9.03. The number of unbranched alkanes of at least 4 members (excludes halogenated alkanes) is 1. The molecule has 20 heavy (non-hydrogen) atoms. The second-order valence-corrected chi connectivity index (χ2v) is 5.51. The molecule has 0 aromatic rings. The molecular weight excluding hydrogens is 284 g/mol. The first-order valence-electron chi connectivity index (χ1n) is 7.07. The van der Waals surface area contributed by atoms with Gasteiger partial charge in [0, 0.05) is 18.6 Å². The van der Waals surface area contributed by atoms with Gasteiger partial charge in [-0.3, -0.25) is 0 Å². The van der Waals surface area contributed by atoms with Crippen molar-refractivity contribution in [2.45, 2.75) is 63.7 Å². The van der Waals surface area contributed by atoms with Crippen molar-refractivity contribution in [3.05, 3.63) is 0 Å². The molecule has 1 aliphatic rings. The fraction of sp³-hybridized carbons (Fsp3) is 1.00. The zero-order chi connectivity index (χ0) is 15.0. The molecule has 1 fully saturated rings. The molecule has 0 aromatic carbocycles. The molecule has 1 aliphatic heterocycles. The van der Waals surface area contributed by atoms with Gasteiger partial charge in [-0.15, -0.1) is 0 Å². The van der Waals surface area contributed by atoms with E-state index in [0.29, 0.717) is 25.3 Å². The first-order chi connectivity index (χ1) is 9.62. The van der Waals surface area contributed by atoms with E-state index in [9.17, 15) is 9.66 Å².